The number of aliphatic hydroxyl groups excluding tert-OH is 1. The minimum atomic E-state index is 0.334. The van der Waals surface area contributed by atoms with E-state index in [0.717, 1.165) is 26.1 Å². The van der Waals surface area contributed by atoms with Crippen LogP contribution in [0.1, 0.15) is 26.2 Å². The van der Waals surface area contributed by atoms with E-state index < -0.39 is 0 Å². The summed E-state index contributed by atoms with van der Waals surface area (Å²) >= 11 is 0. The molecule has 0 aromatic carbocycles. The molecule has 0 saturated carbocycles. The molecular formula is C9H18O2. The van der Waals surface area contributed by atoms with Crippen molar-refractivity contribution in [2.75, 3.05) is 19.8 Å². The molecule has 0 aromatic rings. The summed E-state index contributed by atoms with van der Waals surface area (Å²) in [5.74, 6) is 1.40. The van der Waals surface area contributed by atoms with Gasteiger partial charge in [0.1, 0.15) is 0 Å². The van der Waals surface area contributed by atoms with E-state index in [9.17, 15) is 0 Å². The third-order valence-electron chi connectivity index (χ3n) is 2.66. The first-order valence-corrected chi connectivity index (χ1v) is 4.57. The lowest BCUT2D eigenvalue weighted by molar-refractivity contribution is 0.00749. The van der Waals surface area contributed by atoms with Crippen LogP contribution in [0.25, 0.3) is 0 Å². The van der Waals surface area contributed by atoms with Gasteiger partial charge in [-0.25, -0.2) is 0 Å². The maximum absolute atomic E-state index is 8.79. The zero-order chi connectivity index (χ0) is 8.10. The molecule has 2 nitrogen and oxygen atoms in total. The summed E-state index contributed by atoms with van der Waals surface area (Å²) in [6.07, 6.45) is 3.28. The Balaban J connectivity index is 2.31. The molecule has 0 amide bonds. The summed E-state index contributed by atoms with van der Waals surface area (Å²) in [5.41, 5.74) is 0. The first-order chi connectivity index (χ1) is 5.38. The molecule has 1 N–H and O–H groups in total. The Labute approximate surface area is 68.6 Å². The van der Waals surface area contributed by atoms with Crippen LogP contribution in [0.15, 0.2) is 0 Å². The second-order valence-electron chi connectivity index (χ2n) is 3.30. The van der Waals surface area contributed by atoms with Crippen LogP contribution in [0.4, 0.5) is 0 Å². The van der Waals surface area contributed by atoms with Gasteiger partial charge in [0.15, 0.2) is 0 Å². The maximum atomic E-state index is 8.79. The van der Waals surface area contributed by atoms with E-state index in [2.05, 4.69) is 6.92 Å². The zero-order valence-corrected chi connectivity index (χ0v) is 7.25. The third kappa shape index (κ3) is 2.46. The SMILES string of the molecule is CCC1COCCC1CCO. The molecule has 2 heteroatoms. The van der Waals surface area contributed by atoms with E-state index in [4.69, 9.17) is 9.84 Å². The van der Waals surface area contributed by atoms with Gasteiger partial charge in [0.25, 0.3) is 0 Å². The molecule has 2 atom stereocenters. The van der Waals surface area contributed by atoms with Crippen molar-refractivity contribution in [2.24, 2.45) is 11.8 Å². The average Bonchev–Trinajstić information content (AvgIpc) is 2.06. The molecule has 0 radical (unpaired) electrons. The quantitative estimate of drug-likeness (QED) is 0.673. The Hall–Kier alpha value is -0.0800. The van der Waals surface area contributed by atoms with Crippen molar-refractivity contribution in [3.05, 3.63) is 0 Å². The second kappa shape index (κ2) is 4.73. The average molecular weight is 158 g/mol. The van der Waals surface area contributed by atoms with Crippen molar-refractivity contribution in [1.29, 1.82) is 0 Å². The van der Waals surface area contributed by atoms with Crippen molar-refractivity contribution < 1.29 is 9.84 Å². The highest BCUT2D eigenvalue weighted by Gasteiger charge is 2.23. The lowest BCUT2D eigenvalue weighted by Gasteiger charge is -2.30. The molecule has 1 saturated heterocycles. The van der Waals surface area contributed by atoms with Crippen LogP contribution in [0.2, 0.25) is 0 Å². The van der Waals surface area contributed by atoms with Crippen molar-refractivity contribution in [1.82, 2.24) is 0 Å². The van der Waals surface area contributed by atoms with Gasteiger partial charge in [0.2, 0.25) is 0 Å². The van der Waals surface area contributed by atoms with Gasteiger partial charge in [-0.05, 0) is 24.7 Å². The topological polar surface area (TPSA) is 29.5 Å². The van der Waals surface area contributed by atoms with Crippen LogP contribution in [0.3, 0.4) is 0 Å². The summed E-state index contributed by atoms with van der Waals surface area (Å²) in [4.78, 5) is 0. The van der Waals surface area contributed by atoms with Gasteiger partial charge in [0.05, 0.1) is 0 Å². The fourth-order valence-corrected chi connectivity index (χ4v) is 1.84. The number of hydrogen-bond acceptors (Lipinski definition) is 2. The first kappa shape index (κ1) is 9.01. The number of hydrogen-bond donors (Lipinski definition) is 1. The monoisotopic (exact) mass is 158 g/mol. The predicted octanol–water partition coefficient (Wildman–Crippen LogP) is 1.43. The van der Waals surface area contributed by atoms with Crippen molar-refractivity contribution >= 4 is 0 Å². The fraction of sp³-hybridized carbons (Fsp3) is 1.00. The molecule has 1 heterocycles. The van der Waals surface area contributed by atoms with E-state index in [1.54, 1.807) is 0 Å². The zero-order valence-electron chi connectivity index (χ0n) is 7.25. The van der Waals surface area contributed by atoms with E-state index in [1.165, 1.54) is 6.42 Å². The van der Waals surface area contributed by atoms with Gasteiger partial charge in [0, 0.05) is 19.8 Å². The van der Waals surface area contributed by atoms with Crippen LogP contribution in [0, 0.1) is 11.8 Å². The van der Waals surface area contributed by atoms with Gasteiger partial charge in [-0.2, -0.15) is 0 Å². The summed E-state index contributed by atoms with van der Waals surface area (Å²) in [7, 11) is 0. The summed E-state index contributed by atoms with van der Waals surface area (Å²) in [5, 5.41) is 8.79. The van der Waals surface area contributed by atoms with Gasteiger partial charge >= 0.3 is 0 Å². The molecule has 0 spiro atoms. The molecule has 66 valence electrons. The molecule has 0 aliphatic carbocycles. The van der Waals surface area contributed by atoms with E-state index >= 15 is 0 Å². The number of rotatable bonds is 3. The summed E-state index contributed by atoms with van der Waals surface area (Å²) in [6.45, 7) is 4.33. The predicted molar refractivity (Wildman–Crippen MR) is 44.4 cm³/mol. The summed E-state index contributed by atoms with van der Waals surface area (Å²) < 4.78 is 5.37. The van der Waals surface area contributed by atoms with Crippen molar-refractivity contribution in [3.8, 4) is 0 Å². The van der Waals surface area contributed by atoms with Gasteiger partial charge in [-0.15, -0.1) is 0 Å². The Kier molecular flexibility index (Phi) is 3.87. The van der Waals surface area contributed by atoms with E-state index in [-0.39, 0.29) is 0 Å². The fourth-order valence-electron chi connectivity index (χ4n) is 1.84. The maximum Gasteiger partial charge on any atom is 0.0496 e. The van der Waals surface area contributed by atoms with E-state index in [1.807, 2.05) is 0 Å². The molecule has 0 bridgehead atoms. The Morgan fingerprint density at radius 1 is 1.45 bits per heavy atom. The van der Waals surface area contributed by atoms with E-state index in [0.29, 0.717) is 18.4 Å². The second-order valence-corrected chi connectivity index (χ2v) is 3.30. The van der Waals surface area contributed by atoms with Crippen LogP contribution in [0.5, 0.6) is 0 Å². The van der Waals surface area contributed by atoms with Crippen molar-refractivity contribution in [3.63, 3.8) is 0 Å². The van der Waals surface area contributed by atoms with Gasteiger partial charge in [-0.1, -0.05) is 13.3 Å². The molecule has 1 fully saturated rings. The largest absolute Gasteiger partial charge is 0.396 e. The molecule has 1 rings (SSSR count). The lowest BCUT2D eigenvalue weighted by atomic mass is 9.84. The minimum Gasteiger partial charge on any atom is -0.396 e. The van der Waals surface area contributed by atoms with Crippen LogP contribution in [-0.2, 0) is 4.74 Å². The summed E-state index contributed by atoms with van der Waals surface area (Å²) in [6, 6.07) is 0. The van der Waals surface area contributed by atoms with Crippen molar-refractivity contribution in [2.45, 2.75) is 26.2 Å². The number of ether oxygens (including phenoxy) is 1. The third-order valence-corrected chi connectivity index (χ3v) is 2.66. The Morgan fingerprint density at radius 3 is 2.91 bits per heavy atom. The standard InChI is InChI=1S/C9H18O2/c1-2-8-7-11-6-4-9(8)3-5-10/h8-10H,2-7H2,1H3. The molecule has 1 aliphatic heterocycles. The highest BCUT2D eigenvalue weighted by Crippen LogP contribution is 2.26. The smallest absolute Gasteiger partial charge is 0.0496 e. The molecule has 1 aliphatic rings. The van der Waals surface area contributed by atoms with Gasteiger partial charge in [-0.3, -0.25) is 0 Å². The highest BCUT2D eigenvalue weighted by atomic mass is 16.5. The van der Waals surface area contributed by atoms with Crippen LogP contribution in [-0.4, -0.2) is 24.9 Å². The van der Waals surface area contributed by atoms with Gasteiger partial charge < -0.3 is 9.84 Å². The lowest BCUT2D eigenvalue weighted by Crippen LogP contribution is -2.27. The highest BCUT2D eigenvalue weighted by molar-refractivity contribution is 4.72. The molecular weight excluding hydrogens is 140 g/mol. The van der Waals surface area contributed by atoms with Crippen LogP contribution >= 0.6 is 0 Å². The minimum absolute atomic E-state index is 0.334. The molecule has 2 unspecified atom stereocenters. The Morgan fingerprint density at radius 2 is 2.27 bits per heavy atom. The normalized spacial score (nSPS) is 32.2. The number of aliphatic hydroxyl groups is 1. The Bertz CT molecular complexity index is 102. The van der Waals surface area contributed by atoms with Crippen LogP contribution < -0.4 is 0 Å². The molecule has 11 heavy (non-hydrogen) atoms. The molecule has 0 aromatic heterocycles. The first-order valence-electron chi connectivity index (χ1n) is 4.57.